The lowest BCUT2D eigenvalue weighted by atomic mass is 10.1. The normalized spacial score (nSPS) is 16.9. The minimum Gasteiger partial charge on any atom is -0.338 e. The summed E-state index contributed by atoms with van der Waals surface area (Å²) >= 11 is 0. The van der Waals surface area contributed by atoms with Crippen LogP contribution in [0.5, 0.6) is 0 Å². The van der Waals surface area contributed by atoms with Crippen molar-refractivity contribution in [2.45, 2.75) is 32.2 Å². The summed E-state index contributed by atoms with van der Waals surface area (Å²) in [7, 11) is 0. The smallest absolute Gasteiger partial charge is 0.338 e. The summed E-state index contributed by atoms with van der Waals surface area (Å²) in [4.78, 5) is 47.5. The molecule has 0 saturated carbocycles. The van der Waals surface area contributed by atoms with E-state index in [9.17, 15) is 14.4 Å². The minimum absolute atomic E-state index is 0. The number of anilines is 1. The fourth-order valence-electron chi connectivity index (χ4n) is 4.61. The van der Waals surface area contributed by atoms with E-state index in [1.165, 1.54) is 16.6 Å². The fourth-order valence-corrected chi connectivity index (χ4v) is 4.61. The number of piperazine rings is 1. The fraction of sp³-hybridized carbons (Fsp3) is 0.538. The van der Waals surface area contributed by atoms with E-state index >= 15 is 0 Å². The summed E-state index contributed by atoms with van der Waals surface area (Å²) < 4.78 is 1.46. The highest BCUT2D eigenvalue weighted by Crippen LogP contribution is 2.12. The highest BCUT2D eigenvalue weighted by molar-refractivity contribution is 5.89. The van der Waals surface area contributed by atoms with Gasteiger partial charge >= 0.3 is 11.7 Å². The average Bonchev–Trinajstić information content (AvgIpc) is 3.16. The van der Waals surface area contributed by atoms with Crippen LogP contribution in [0.1, 0.15) is 25.8 Å². The third-order valence-corrected chi connectivity index (χ3v) is 6.81. The van der Waals surface area contributed by atoms with Crippen molar-refractivity contribution >= 4 is 30.2 Å². The van der Waals surface area contributed by atoms with Gasteiger partial charge in [-0.3, -0.25) is 14.7 Å². The van der Waals surface area contributed by atoms with Crippen LogP contribution in [0.4, 0.5) is 10.6 Å². The van der Waals surface area contributed by atoms with Crippen molar-refractivity contribution in [1.29, 1.82) is 0 Å². The van der Waals surface area contributed by atoms with Gasteiger partial charge in [-0.15, -0.1) is 12.4 Å². The van der Waals surface area contributed by atoms with Crippen LogP contribution in [-0.2, 0) is 11.2 Å². The number of carbonyl (C=O) groups excluding carboxylic acids is 2. The number of amides is 3. The number of nitrogens with two attached hydrogens (primary N) is 1. The molecule has 4 N–H and O–H groups in total. The van der Waals surface area contributed by atoms with Crippen LogP contribution in [0.2, 0.25) is 0 Å². The van der Waals surface area contributed by atoms with Crippen molar-refractivity contribution < 1.29 is 9.59 Å². The van der Waals surface area contributed by atoms with Gasteiger partial charge in [-0.25, -0.2) is 9.59 Å². The molecule has 1 aromatic carbocycles. The molecule has 38 heavy (non-hydrogen) atoms. The van der Waals surface area contributed by atoms with E-state index in [2.05, 4.69) is 20.5 Å². The van der Waals surface area contributed by atoms with Crippen molar-refractivity contribution in [3.8, 4) is 5.69 Å². The van der Waals surface area contributed by atoms with Crippen LogP contribution >= 0.6 is 12.4 Å². The molecule has 208 valence electrons. The number of hydrogen-bond acceptors (Lipinski definition) is 7. The van der Waals surface area contributed by atoms with Gasteiger partial charge in [0.1, 0.15) is 5.82 Å². The summed E-state index contributed by atoms with van der Waals surface area (Å²) in [5.41, 5.74) is 6.44. The second kappa shape index (κ2) is 13.2. The molecule has 0 radical (unpaired) electrons. The first-order valence-electron chi connectivity index (χ1n) is 13.0. The van der Waals surface area contributed by atoms with Crippen LogP contribution in [0.3, 0.4) is 0 Å². The Bertz CT molecular complexity index is 1130. The standard InChI is InChI=1S/C26H38N8O3.ClH/c1-26(2,27)23(35)32-16-18-33(19-17-32)24(36)29-22-9-14-34(25(37)30-22)21-6-4-20(5-7-21)8-13-31-12-3-10-28-11-15-31;/h4-7,9,14,28H,3,8,10-13,15-19,27H2,1-2H3,(H,29,30,36,37);1H. The second-order valence-electron chi connectivity index (χ2n) is 10.3. The number of carbonyl (C=O) groups is 2. The first kappa shape index (κ1) is 29.6. The zero-order valence-corrected chi connectivity index (χ0v) is 23.0. The van der Waals surface area contributed by atoms with Crippen LogP contribution in [0, 0.1) is 0 Å². The third kappa shape index (κ3) is 7.76. The van der Waals surface area contributed by atoms with Gasteiger partial charge in [0.05, 0.1) is 11.2 Å². The van der Waals surface area contributed by atoms with E-state index in [-0.39, 0.29) is 30.2 Å². The molecule has 3 amide bonds. The first-order chi connectivity index (χ1) is 17.7. The monoisotopic (exact) mass is 546 g/mol. The molecule has 2 aliphatic heterocycles. The molecule has 12 heteroatoms. The molecule has 2 saturated heterocycles. The van der Waals surface area contributed by atoms with E-state index in [0.717, 1.165) is 44.8 Å². The maximum Gasteiger partial charge on any atom is 0.354 e. The SMILES string of the molecule is CC(C)(N)C(=O)N1CCN(C(=O)Nc2ccn(-c3ccc(CCN4CCCNCC4)cc3)c(=O)n2)CC1.Cl. The quantitative estimate of drug-likeness (QED) is 0.491. The summed E-state index contributed by atoms with van der Waals surface area (Å²) in [5.74, 6) is 0.0530. The number of benzene rings is 1. The molecule has 0 bridgehead atoms. The Morgan fingerprint density at radius 1 is 1.00 bits per heavy atom. The number of nitrogens with one attached hydrogen (secondary N) is 2. The number of rotatable bonds is 6. The maximum absolute atomic E-state index is 12.7. The third-order valence-electron chi connectivity index (χ3n) is 6.81. The number of urea groups is 1. The Morgan fingerprint density at radius 2 is 1.68 bits per heavy atom. The van der Waals surface area contributed by atoms with Crippen molar-refractivity contribution in [1.82, 2.24) is 29.6 Å². The Hall–Kier alpha value is -2.99. The van der Waals surface area contributed by atoms with Gasteiger partial charge in [-0.05, 0) is 63.5 Å². The van der Waals surface area contributed by atoms with E-state index in [0.29, 0.717) is 26.2 Å². The van der Waals surface area contributed by atoms with Crippen molar-refractivity contribution in [3.05, 3.63) is 52.6 Å². The van der Waals surface area contributed by atoms with Gasteiger partial charge in [-0.2, -0.15) is 4.98 Å². The van der Waals surface area contributed by atoms with Gasteiger partial charge in [0.15, 0.2) is 0 Å². The number of halogens is 1. The zero-order chi connectivity index (χ0) is 26.4. The Morgan fingerprint density at radius 3 is 2.34 bits per heavy atom. The van der Waals surface area contributed by atoms with Crippen molar-refractivity contribution in [2.75, 3.05) is 64.2 Å². The van der Waals surface area contributed by atoms with Gasteiger partial charge in [0, 0.05) is 52.0 Å². The lowest BCUT2D eigenvalue weighted by molar-refractivity contribution is -0.137. The predicted molar refractivity (Wildman–Crippen MR) is 150 cm³/mol. The number of aromatic nitrogens is 2. The highest BCUT2D eigenvalue weighted by Gasteiger charge is 2.31. The zero-order valence-electron chi connectivity index (χ0n) is 22.2. The molecule has 0 spiro atoms. The number of nitrogens with zero attached hydrogens (tertiary/aromatic N) is 5. The topological polar surface area (TPSA) is 129 Å². The van der Waals surface area contributed by atoms with E-state index in [1.54, 1.807) is 35.9 Å². The van der Waals surface area contributed by atoms with Crippen molar-refractivity contribution in [2.24, 2.45) is 5.73 Å². The summed E-state index contributed by atoms with van der Waals surface area (Å²) in [6.07, 6.45) is 3.76. The van der Waals surface area contributed by atoms with Crippen LogP contribution in [0.25, 0.3) is 5.69 Å². The molecule has 0 unspecified atom stereocenters. The highest BCUT2D eigenvalue weighted by atomic mass is 35.5. The summed E-state index contributed by atoms with van der Waals surface area (Å²) in [5, 5.41) is 6.12. The van der Waals surface area contributed by atoms with E-state index in [4.69, 9.17) is 5.73 Å². The van der Waals surface area contributed by atoms with Crippen LogP contribution in [0.15, 0.2) is 41.3 Å². The summed E-state index contributed by atoms with van der Waals surface area (Å²) in [6, 6.07) is 9.19. The molecular weight excluding hydrogens is 508 g/mol. The first-order valence-corrected chi connectivity index (χ1v) is 13.0. The molecule has 11 nitrogen and oxygen atoms in total. The molecule has 0 atom stereocenters. The molecule has 0 aliphatic carbocycles. The minimum atomic E-state index is -0.941. The van der Waals surface area contributed by atoms with E-state index in [1.807, 2.05) is 24.3 Å². The largest absolute Gasteiger partial charge is 0.354 e. The Labute approximate surface area is 229 Å². The molecule has 1 aromatic heterocycles. The predicted octanol–water partition coefficient (Wildman–Crippen LogP) is 0.906. The van der Waals surface area contributed by atoms with Crippen LogP contribution < -0.4 is 22.1 Å². The molecule has 3 heterocycles. The Kier molecular flexibility index (Phi) is 10.3. The molecule has 2 fully saturated rings. The molecule has 2 aromatic rings. The average molecular weight is 547 g/mol. The van der Waals surface area contributed by atoms with E-state index < -0.39 is 11.2 Å². The van der Waals surface area contributed by atoms with Crippen LogP contribution in [-0.4, -0.2) is 101 Å². The molecular formula is C26H39ClN8O3. The van der Waals surface area contributed by atoms with Gasteiger partial charge in [-0.1, -0.05) is 12.1 Å². The van der Waals surface area contributed by atoms with Gasteiger partial charge in [0.2, 0.25) is 5.91 Å². The van der Waals surface area contributed by atoms with Gasteiger partial charge in [0.25, 0.3) is 0 Å². The summed E-state index contributed by atoms with van der Waals surface area (Å²) in [6.45, 7) is 10.3. The molecule has 2 aliphatic rings. The lowest BCUT2D eigenvalue weighted by Crippen LogP contribution is -2.58. The second-order valence-corrected chi connectivity index (χ2v) is 10.3. The van der Waals surface area contributed by atoms with Crippen molar-refractivity contribution in [3.63, 3.8) is 0 Å². The maximum atomic E-state index is 12.7. The Balaban J connectivity index is 0.00000400. The number of hydrogen-bond donors (Lipinski definition) is 3. The van der Waals surface area contributed by atoms with Gasteiger partial charge < -0.3 is 25.8 Å². The molecule has 4 rings (SSSR count). The lowest BCUT2D eigenvalue weighted by Gasteiger charge is -2.37.